The normalized spacial score (nSPS) is 14.1. The molecule has 1 unspecified atom stereocenters. The van der Waals surface area contributed by atoms with Gasteiger partial charge in [-0.3, -0.25) is 0 Å². The molecule has 0 spiro atoms. The van der Waals surface area contributed by atoms with Crippen molar-refractivity contribution < 1.29 is 14.4 Å². The maximum atomic E-state index is 9.87. The zero-order valence-electron chi connectivity index (χ0n) is 10.4. The Morgan fingerprint density at radius 2 is 2.12 bits per heavy atom. The van der Waals surface area contributed by atoms with E-state index in [1.807, 2.05) is 20.8 Å². The second kappa shape index (κ2) is 5.41. The molecule has 1 rings (SSSR count). The summed E-state index contributed by atoms with van der Waals surface area (Å²) in [5, 5.41) is 13.7. The Balaban J connectivity index is 2.52. The molecule has 0 saturated carbocycles. The smallest absolute Gasteiger partial charge is 0.229 e. The fourth-order valence-corrected chi connectivity index (χ4v) is 1.14. The van der Waals surface area contributed by atoms with Gasteiger partial charge in [-0.15, -0.1) is 0 Å². The molecule has 0 aromatic carbocycles. The maximum Gasteiger partial charge on any atom is 0.229 e. The van der Waals surface area contributed by atoms with E-state index in [-0.39, 0.29) is 5.41 Å². The lowest BCUT2D eigenvalue weighted by Gasteiger charge is -2.24. The number of ether oxygens (including phenoxy) is 1. The van der Waals surface area contributed by atoms with Gasteiger partial charge in [0.15, 0.2) is 5.82 Å². The minimum Gasteiger partial charge on any atom is -0.392 e. The highest BCUT2D eigenvalue weighted by Crippen LogP contribution is 2.21. The highest BCUT2D eigenvalue weighted by Gasteiger charge is 2.24. The van der Waals surface area contributed by atoms with Gasteiger partial charge in [0.2, 0.25) is 5.89 Å². The van der Waals surface area contributed by atoms with E-state index in [2.05, 4.69) is 10.1 Å². The molecule has 0 aliphatic rings. The van der Waals surface area contributed by atoms with Gasteiger partial charge in [-0.1, -0.05) is 25.9 Å². The van der Waals surface area contributed by atoms with Crippen molar-refractivity contribution in [2.24, 2.45) is 5.41 Å². The summed E-state index contributed by atoms with van der Waals surface area (Å²) < 4.78 is 9.97. The molecule has 1 N–H and O–H groups in total. The van der Waals surface area contributed by atoms with E-state index >= 15 is 0 Å². The predicted molar refractivity (Wildman–Crippen MR) is 59.0 cm³/mol. The van der Waals surface area contributed by atoms with Crippen molar-refractivity contribution in [1.82, 2.24) is 10.1 Å². The lowest BCUT2D eigenvalue weighted by Crippen LogP contribution is -2.28. The minimum absolute atomic E-state index is 0.179. The van der Waals surface area contributed by atoms with Crippen LogP contribution >= 0.6 is 0 Å². The lowest BCUT2D eigenvalue weighted by molar-refractivity contribution is 0.0565. The van der Waals surface area contributed by atoms with Crippen LogP contribution in [0.5, 0.6) is 0 Å². The van der Waals surface area contributed by atoms with Crippen LogP contribution in [0.3, 0.4) is 0 Å². The van der Waals surface area contributed by atoms with Crippen LogP contribution in [-0.2, 0) is 17.6 Å². The zero-order valence-corrected chi connectivity index (χ0v) is 10.4. The largest absolute Gasteiger partial charge is 0.392 e. The van der Waals surface area contributed by atoms with E-state index in [0.29, 0.717) is 31.2 Å². The molecule has 0 radical (unpaired) electrons. The summed E-state index contributed by atoms with van der Waals surface area (Å²) in [6.07, 6.45) is 0.540. The Morgan fingerprint density at radius 3 is 2.69 bits per heavy atom. The van der Waals surface area contributed by atoms with Gasteiger partial charge in [0.25, 0.3) is 0 Å². The van der Waals surface area contributed by atoms with Gasteiger partial charge >= 0.3 is 0 Å². The number of aromatic nitrogens is 2. The third-order valence-corrected chi connectivity index (χ3v) is 2.41. The number of methoxy groups -OCH3 is 1. The Hall–Kier alpha value is -0.940. The summed E-state index contributed by atoms with van der Waals surface area (Å²) in [5.41, 5.74) is -0.179. The van der Waals surface area contributed by atoms with Gasteiger partial charge < -0.3 is 14.4 Å². The minimum atomic E-state index is -0.483. The lowest BCUT2D eigenvalue weighted by atomic mass is 9.87. The molecule has 1 aromatic heterocycles. The molecule has 0 aliphatic heterocycles. The molecule has 0 bridgehead atoms. The van der Waals surface area contributed by atoms with Crippen molar-refractivity contribution in [3.8, 4) is 0 Å². The first-order chi connectivity index (χ1) is 7.43. The SMILES string of the molecule is COCCc1noc(CC(O)C(C)(C)C)n1. The van der Waals surface area contributed by atoms with Crippen molar-refractivity contribution in [2.45, 2.75) is 39.7 Å². The van der Waals surface area contributed by atoms with Crippen LogP contribution in [-0.4, -0.2) is 35.1 Å². The first kappa shape index (κ1) is 13.1. The first-order valence-electron chi connectivity index (χ1n) is 5.42. The fourth-order valence-electron chi connectivity index (χ4n) is 1.14. The van der Waals surface area contributed by atoms with Crippen LogP contribution in [0.15, 0.2) is 4.52 Å². The molecule has 0 fully saturated rings. The van der Waals surface area contributed by atoms with Crippen molar-refractivity contribution in [3.05, 3.63) is 11.7 Å². The molecular formula is C11H20N2O3. The summed E-state index contributed by atoms with van der Waals surface area (Å²) in [5.74, 6) is 1.10. The van der Waals surface area contributed by atoms with Crippen molar-refractivity contribution in [1.29, 1.82) is 0 Å². The van der Waals surface area contributed by atoms with E-state index in [4.69, 9.17) is 9.26 Å². The molecule has 16 heavy (non-hydrogen) atoms. The van der Waals surface area contributed by atoms with E-state index < -0.39 is 6.10 Å². The maximum absolute atomic E-state index is 9.87. The van der Waals surface area contributed by atoms with Crippen LogP contribution in [0, 0.1) is 5.41 Å². The van der Waals surface area contributed by atoms with Crippen LogP contribution in [0.4, 0.5) is 0 Å². The molecule has 92 valence electrons. The number of hydrogen-bond donors (Lipinski definition) is 1. The second-order valence-electron chi connectivity index (χ2n) is 4.93. The van der Waals surface area contributed by atoms with E-state index in [1.165, 1.54) is 0 Å². The van der Waals surface area contributed by atoms with Gasteiger partial charge in [-0.05, 0) is 5.41 Å². The molecular weight excluding hydrogens is 208 g/mol. The summed E-state index contributed by atoms with van der Waals surface area (Å²) in [4.78, 5) is 4.18. The zero-order chi connectivity index (χ0) is 12.2. The Kier molecular flexibility index (Phi) is 4.44. The van der Waals surface area contributed by atoms with Crippen molar-refractivity contribution in [3.63, 3.8) is 0 Å². The topological polar surface area (TPSA) is 68.4 Å². The van der Waals surface area contributed by atoms with Gasteiger partial charge in [0.1, 0.15) is 0 Å². The van der Waals surface area contributed by atoms with Crippen LogP contribution < -0.4 is 0 Å². The molecule has 0 aliphatic carbocycles. The van der Waals surface area contributed by atoms with Gasteiger partial charge in [0, 0.05) is 13.5 Å². The van der Waals surface area contributed by atoms with Crippen molar-refractivity contribution >= 4 is 0 Å². The third kappa shape index (κ3) is 3.90. The first-order valence-corrected chi connectivity index (χ1v) is 5.42. The molecule has 1 heterocycles. The fraction of sp³-hybridized carbons (Fsp3) is 0.818. The van der Waals surface area contributed by atoms with E-state index in [0.717, 1.165) is 0 Å². The van der Waals surface area contributed by atoms with Crippen LogP contribution in [0.25, 0.3) is 0 Å². The highest BCUT2D eigenvalue weighted by molar-refractivity contribution is 4.90. The van der Waals surface area contributed by atoms with E-state index in [9.17, 15) is 5.11 Å². The Morgan fingerprint density at radius 1 is 1.44 bits per heavy atom. The third-order valence-electron chi connectivity index (χ3n) is 2.41. The quantitative estimate of drug-likeness (QED) is 0.820. The molecule has 1 atom stereocenters. The van der Waals surface area contributed by atoms with E-state index in [1.54, 1.807) is 7.11 Å². The number of aliphatic hydroxyl groups is 1. The average molecular weight is 228 g/mol. The van der Waals surface area contributed by atoms with Crippen molar-refractivity contribution in [2.75, 3.05) is 13.7 Å². The number of rotatable bonds is 5. The van der Waals surface area contributed by atoms with Gasteiger partial charge in [0.05, 0.1) is 19.1 Å². The molecule has 5 heteroatoms. The van der Waals surface area contributed by atoms with Crippen LogP contribution in [0.1, 0.15) is 32.5 Å². The standard InChI is InChI=1S/C11H20N2O3/c1-11(2,3)8(14)7-10-12-9(13-16-10)5-6-15-4/h8,14H,5-7H2,1-4H3. The number of hydrogen-bond acceptors (Lipinski definition) is 5. The molecule has 0 saturated heterocycles. The summed E-state index contributed by atoms with van der Waals surface area (Å²) in [6, 6.07) is 0. The highest BCUT2D eigenvalue weighted by atomic mass is 16.5. The van der Waals surface area contributed by atoms with Gasteiger partial charge in [-0.2, -0.15) is 4.98 Å². The second-order valence-corrected chi connectivity index (χ2v) is 4.93. The van der Waals surface area contributed by atoms with Crippen LogP contribution in [0.2, 0.25) is 0 Å². The molecule has 5 nitrogen and oxygen atoms in total. The summed E-state index contributed by atoms with van der Waals surface area (Å²) in [6.45, 7) is 6.49. The average Bonchev–Trinajstić information content (AvgIpc) is 2.61. The molecule has 1 aromatic rings. The Bertz CT molecular complexity index is 317. The summed E-state index contributed by atoms with van der Waals surface area (Å²) in [7, 11) is 1.63. The van der Waals surface area contributed by atoms with Gasteiger partial charge in [-0.25, -0.2) is 0 Å². The number of nitrogens with zero attached hydrogens (tertiary/aromatic N) is 2. The summed E-state index contributed by atoms with van der Waals surface area (Å²) >= 11 is 0. The number of aliphatic hydroxyl groups excluding tert-OH is 1. The Labute approximate surface area is 95.8 Å². The predicted octanol–water partition coefficient (Wildman–Crippen LogP) is 1.21. The monoisotopic (exact) mass is 228 g/mol. The molecule has 0 amide bonds.